The fourth-order valence-electron chi connectivity index (χ4n) is 2.80. The molecule has 0 fully saturated rings. The van der Waals surface area contributed by atoms with Crippen molar-refractivity contribution in [2.75, 3.05) is 21.2 Å². The Morgan fingerprint density at radius 2 is 1.69 bits per heavy atom. The SMILES string of the molecule is CNC.CO/N=C(/C=O)c1cccc(C)c1CO/N=C(\C)c1cc(C)cc(C)c1. The maximum absolute atomic E-state index is 11.3. The summed E-state index contributed by atoms with van der Waals surface area (Å²) >= 11 is 0. The van der Waals surface area contributed by atoms with Crippen LogP contribution in [0.5, 0.6) is 0 Å². The molecule has 6 heteroatoms. The molecular weight excluding hydrogens is 366 g/mol. The second-order valence-corrected chi connectivity index (χ2v) is 6.70. The van der Waals surface area contributed by atoms with Gasteiger partial charge in [0.15, 0.2) is 6.29 Å². The van der Waals surface area contributed by atoms with E-state index in [0.29, 0.717) is 11.8 Å². The zero-order valence-electron chi connectivity index (χ0n) is 18.4. The quantitative estimate of drug-likeness (QED) is 0.436. The lowest BCUT2D eigenvalue weighted by Gasteiger charge is -2.11. The zero-order valence-corrected chi connectivity index (χ0v) is 18.4. The van der Waals surface area contributed by atoms with E-state index in [-0.39, 0.29) is 12.3 Å². The monoisotopic (exact) mass is 397 g/mol. The van der Waals surface area contributed by atoms with Crippen molar-refractivity contribution in [1.82, 2.24) is 5.32 Å². The molecule has 156 valence electrons. The summed E-state index contributed by atoms with van der Waals surface area (Å²) in [5.41, 5.74) is 6.95. The van der Waals surface area contributed by atoms with E-state index in [0.717, 1.165) is 22.4 Å². The van der Waals surface area contributed by atoms with Crippen LogP contribution in [-0.2, 0) is 21.1 Å². The molecule has 0 aromatic heterocycles. The molecule has 6 nitrogen and oxygen atoms in total. The van der Waals surface area contributed by atoms with Crippen LogP contribution in [0.3, 0.4) is 0 Å². The zero-order chi connectivity index (χ0) is 21.8. The van der Waals surface area contributed by atoms with Crippen LogP contribution in [0.1, 0.15) is 40.3 Å². The fraction of sp³-hybridized carbons (Fsp3) is 0.348. The fourth-order valence-corrected chi connectivity index (χ4v) is 2.80. The number of benzene rings is 2. The molecule has 0 unspecified atom stereocenters. The summed E-state index contributed by atoms with van der Waals surface area (Å²) < 4.78 is 0. The number of carbonyl (C=O) groups is 1. The Hall–Kier alpha value is -2.99. The molecule has 1 N–H and O–H groups in total. The van der Waals surface area contributed by atoms with E-state index in [9.17, 15) is 4.79 Å². The molecule has 0 aliphatic heterocycles. The van der Waals surface area contributed by atoms with E-state index in [2.05, 4.69) is 47.7 Å². The Kier molecular flexibility index (Phi) is 10.3. The van der Waals surface area contributed by atoms with Crippen LogP contribution in [0.4, 0.5) is 0 Å². The second-order valence-electron chi connectivity index (χ2n) is 6.70. The predicted molar refractivity (Wildman–Crippen MR) is 119 cm³/mol. The molecular formula is C23H31N3O3. The highest BCUT2D eigenvalue weighted by atomic mass is 16.6. The van der Waals surface area contributed by atoms with Crippen molar-refractivity contribution in [3.63, 3.8) is 0 Å². The molecule has 0 spiro atoms. The summed E-state index contributed by atoms with van der Waals surface area (Å²) in [4.78, 5) is 21.7. The van der Waals surface area contributed by atoms with Crippen LogP contribution in [0.25, 0.3) is 0 Å². The van der Waals surface area contributed by atoms with Crippen molar-refractivity contribution in [1.29, 1.82) is 0 Å². The first-order valence-corrected chi connectivity index (χ1v) is 9.36. The van der Waals surface area contributed by atoms with Crippen LogP contribution in [0.15, 0.2) is 46.7 Å². The molecule has 2 aromatic carbocycles. The molecule has 2 rings (SSSR count). The normalized spacial score (nSPS) is 11.4. The molecule has 0 radical (unpaired) electrons. The minimum atomic E-state index is 0.227. The molecule has 0 saturated carbocycles. The maximum Gasteiger partial charge on any atom is 0.172 e. The number of aryl methyl sites for hydroxylation is 3. The van der Waals surface area contributed by atoms with E-state index in [1.54, 1.807) is 0 Å². The van der Waals surface area contributed by atoms with Gasteiger partial charge in [-0.25, -0.2) is 0 Å². The summed E-state index contributed by atoms with van der Waals surface area (Å²) in [5, 5.41) is 10.8. The summed E-state index contributed by atoms with van der Waals surface area (Å²) in [6.45, 7) is 8.22. The largest absolute Gasteiger partial charge is 0.399 e. The number of hydrogen-bond donors (Lipinski definition) is 1. The average Bonchev–Trinajstić information content (AvgIpc) is 2.67. The van der Waals surface area contributed by atoms with E-state index in [1.807, 2.05) is 46.1 Å². The predicted octanol–water partition coefficient (Wildman–Crippen LogP) is 3.94. The lowest BCUT2D eigenvalue weighted by Crippen LogP contribution is -2.09. The summed E-state index contributed by atoms with van der Waals surface area (Å²) in [5.74, 6) is 0. The lowest BCUT2D eigenvalue weighted by molar-refractivity contribution is -0.102. The van der Waals surface area contributed by atoms with Gasteiger partial charge in [0.1, 0.15) is 19.4 Å². The number of aldehydes is 1. The third-order valence-electron chi connectivity index (χ3n) is 4.04. The Morgan fingerprint density at radius 1 is 1.07 bits per heavy atom. The summed E-state index contributed by atoms with van der Waals surface area (Å²) in [6, 6.07) is 11.9. The third kappa shape index (κ3) is 7.50. The first kappa shape index (κ1) is 24.0. The molecule has 0 aliphatic carbocycles. The van der Waals surface area contributed by atoms with Gasteiger partial charge in [-0.3, -0.25) is 4.79 Å². The minimum absolute atomic E-state index is 0.227. The molecule has 0 bridgehead atoms. The van der Waals surface area contributed by atoms with Crippen LogP contribution >= 0.6 is 0 Å². The second kappa shape index (κ2) is 12.5. The van der Waals surface area contributed by atoms with Crippen molar-refractivity contribution in [3.05, 3.63) is 69.8 Å². The maximum atomic E-state index is 11.3. The molecule has 0 atom stereocenters. The Bertz CT molecular complexity index is 853. The van der Waals surface area contributed by atoms with Crippen LogP contribution in [0, 0.1) is 20.8 Å². The van der Waals surface area contributed by atoms with Gasteiger partial charge < -0.3 is 15.0 Å². The molecule has 2 aromatic rings. The van der Waals surface area contributed by atoms with E-state index in [4.69, 9.17) is 9.68 Å². The molecule has 0 aliphatic rings. The van der Waals surface area contributed by atoms with Gasteiger partial charge in [0.05, 0.1) is 5.71 Å². The highest BCUT2D eigenvalue weighted by Crippen LogP contribution is 2.17. The molecule has 29 heavy (non-hydrogen) atoms. The van der Waals surface area contributed by atoms with Gasteiger partial charge in [0, 0.05) is 11.1 Å². The van der Waals surface area contributed by atoms with Crippen LogP contribution < -0.4 is 5.32 Å². The average molecular weight is 398 g/mol. The van der Waals surface area contributed by atoms with Gasteiger partial charge in [-0.2, -0.15) is 0 Å². The highest BCUT2D eigenvalue weighted by Gasteiger charge is 2.12. The van der Waals surface area contributed by atoms with Gasteiger partial charge in [0.2, 0.25) is 0 Å². The van der Waals surface area contributed by atoms with Crippen molar-refractivity contribution in [2.24, 2.45) is 10.3 Å². The van der Waals surface area contributed by atoms with Gasteiger partial charge >= 0.3 is 0 Å². The molecule has 0 saturated heterocycles. The minimum Gasteiger partial charge on any atom is -0.399 e. The highest BCUT2D eigenvalue weighted by molar-refractivity contribution is 6.36. The first-order valence-electron chi connectivity index (χ1n) is 9.36. The van der Waals surface area contributed by atoms with Crippen LogP contribution in [-0.4, -0.2) is 38.9 Å². The van der Waals surface area contributed by atoms with Crippen LogP contribution in [0.2, 0.25) is 0 Å². The molecule has 0 heterocycles. The van der Waals surface area contributed by atoms with Crippen molar-refractivity contribution >= 4 is 17.7 Å². The van der Waals surface area contributed by atoms with E-state index in [1.165, 1.54) is 18.2 Å². The lowest BCUT2D eigenvalue weighted by atomic mass is 9.99. The standard InChI is InChI=1S/C21H24N2O3.C2H7N/c1-14-9-15(2)11-18(10-14)17(4)22-26-13-20-16(3)7-6-8-19(20)21(12-24)23-25-5;1-3-2/h6-12H,13H2,1-5H3;3H,1-2H3/b22-17+,23-21-;. The van der Waals surface area contributed by atoms with Gasteiger partial charge in [0.25, 0.3) is 0 Å². The number of rotatable bonds is 7. The Labute approximate surface area is 173 Å². The van der Waals surface area contributed by atoms with E-state index < -0.39 is 0 Å². The van der Waals surface area contributed by atoms with Crippen molar-refractivity contribution < 1.29 is 14.5 Å². The Balaban J connectivity index is 0.00000132. The number of carbonyl (C=O) groups excluding carboxylic acids is 1. The van der Waals surface area contributed by atoms with Crippen molar-refractivity contribution in [2.45, 2.75) is 34.3 Å². The third-order valence-corrected chi connectivity index (χ3v) is 4.04. The molecule has 0 amide bonds. The Morgan fingerprint density at radius 3 is 2.24 bits per heavy atom. The number of hydrogen-bond acceptors (Lipinski definition) is 6. The number of nitrogens with one attached hydrogen (secondary N) is 1. The number of nitrogens with zero attached hydrogens (tertiary/aromatic N) is 2. The number of oxime groups is 2. The summed E-state index contributed by atoms with van der Waals surface area (Å²) in [6.07, 6.45) is 0.672. The van der Waals surface area contributed by atoms with Gasteiger partial charge in [-0.05, 0) is 52.9 Å². The smallest absolute Gasteiger partial charge is 0.172 e. The van der Waals surface area contributed by atoms with E-state index >= 15 is 0 Å². The summed E-state index contributed by atoms with van der Waals surface area (Å²) in [7, 11) is 5.16. The van der Waals surface area contributed by atoms with Crippen molar-refractivity contribution in [3.8, 4) is 0 Å². The first-order chi connectivity index (χ1) is 13.9. The van der Waals surface area contributed by atoms with Gasteiger partial charge in [-0.1, -0.05) is 57.8 Å². The topological polar surface area (TPSA) is 72.3 Å². The van der Waals surface area contributed by atoms with Gasteiger partial charge in [-0.15, -0.1) is 0 Å².